The summed E-state index contributed by atoms with van der Waals surface area (Å²) in [5, 5.41) is 3.06. The summed E-state index contributed by atoms with van der Waals surface area (Å²) in [6.45, 7) is 7.33. The number of hydrogen-bond acceptors (Lipinski definition) is 4. The second kappa shape index (κ2) is 14.8. The minimum Gasteiger partial charge on any atom is -0.352 e. The molecule has 44 heavy (non-hydrogen) atoms. The number of nitrogens with zero attached hydrogens (tertiary/aromatic N) is 2. The molecule has 0 aromatic heterocycles. The number of sulfonamides is 1. The fourth-order valence-corrected chi connectivity index (χ4v) is 6.33. The molecule has 0 spiro atoms. The van der Waals surface area contributed by atoms with Gasteiger partial charge in [-0.3, -0.25) is 13.9 Å². The van der Waals surface area contributed by atoms with Gasteiger partial charge in [0.15, 0.2) is 0 Å². The van der Waals surface area contributed by atoms with Crippen LogP contribution >= 0.6 is 0 Å². The minimum atomic E-state index is -4.13. The zero-order valence-corrected chi connectivity index (χ0v) is 26.6. The van der Waals surface area contributed by atoms with Gasteiger partial charge in [-0.15, -0.1) is 0 Å². The van der Waals surface area contributed by atoms with E-state index >= 15 is 0 Å². The van der Waals surface area contributed by atoms with Crippen molar-refractivity contribution in [3.05, 3.63) is 131 Å². The van der Waals surface area contributed by atoms with Crippen LogP contribution in [0.2, 0.25) is 0 Å². The molecule has 0 heterocycles. The number of amides is 2. The summed E-state index contributed by atoms with van der Waals surface area (Å²) in [6, 6.07) is 31.7. The van der Waals surface area contributed by atoms with E-state index in [0.29, 0.717) is 5.69 Å². The van der Waals surface area contributed by atoms with Gasteiger partial charge in [0.25, 0.3) is 10.0 Å². The molecule has 0 fully saturated rings. The summed E-state index contributed by atoms with van der Waals surface area (Å²) in [6.07, 6.45) is 1.00. The van der Waals surface area contributed by atoms with Crippen molar-refractivity contribution in [3.63, 3.8) is 0 Å². The van der Waals surface area contributed by atoms with Crippen molar-refractivity contribution in [2.75, 3.05) is 10.8 Å². The number of carbonyl (C=O) groups is 2. The van der Waals surface area contributed by atoms with Gasteiger partial charge < -0.3 is 10.2 Å². The molecule has 230 valence electrons. The van der Waals surface area contributed by atoms with E-state index in [2.05, 4.69) is 5.32 Å². The normalized spacial score (nSPS) is 12.6. The predicted octanol–water partition coefficient (Wildman–Crippen LogP) is 6.05. The van der Waals surface area contributed by atoms with Gasteiger partial charge in [0.1, 0.15) is 12.6 Å². The van der Waals surface area contributed by atoms with Crippen LogP contribution in [-0.2, 0) is 32.6 Å². The average Bonchev–Trinajstić information content (AvgIpc) is 3.02. The largest absolute Gasteiger partial charge is 0.352 e. The van der Waals surface area contributed by atoms with E-state index in [4.69, 9.17) is 0 Å². The first-order chi connectivity index (χ1) is 21.1. The highest BCUT2D eigenvalue weighted by Crippen LogP contribution is 2.26. The number of carbonyl (C=O) groups excluding carboxylic acids is 2. The Bertz CT molecular complexity index is 1640. The van der Waals surface area contributed by atoms with Crippen LogP contribution in [0.25, 0.3) is 0 Å². The first-order valence-electron chi connectivity index (χ1n) is 14.9. The maximum Gasteiger partial charge on any atom is 0.264 e. The fourth-order valence-electron chi connectivity index (χ4n) is 4.92. The number of nitrogens with one attached hydrogen (secondary N) is 1. The average molecular weight is 612 g/mol. The molecular weight excluding hydrogens is 570 g/mol. The van der Waals surface area contributed by atoms with Crippen molar-refractivity contribution in [2.45, 2.75) is 64.1 Å². The lowest BCUT2D eigenvalue weighted by atomic mass is 10.0. The van der Waals surface area contributed by atoms with Crippen LogP contribution in [-0.4, -0.2) is 43.8 Å². The predicted molar refractivity (Wildman–Crippen MR) is 176 cm³/mol. The van der Waals surface area contributed by atoms with E-state index in [9.17, 15) is 18.0 Å². The zero-order chi connectivity index (χ0) is 31.7. The monoisotopic (exact) mass is 611 g/mol. The van der Waals surface area contributed by atoms with E-state index in [-0.39, 0.29) is 29.8 Å². The van der Waals surface area contributed by atoms with E-state index < -0.39 is 28.5 Å². The molecule has 0 aliphatic rings. The Morgan fingerprint density at radius 3 is 1.98 bits per heavy atom. The number of benzene rings is 4. The number of anilines is 1. The maximum absolute atomic E-state index is 14.5. The summed E-state index contributed by atoms with van der Waals surface area (Å²) in [7, 11) is -4.13. The molecule has 0 saturated heterocycles. The lowest BCUT2D eigenvalue weighted by Gasteiger charge is -2.34. The van der Waals surface area contributed by atoms with Gasteiger partial charge in [0.05, 0.1) is 10.6 Å². The van der Waals surface area contributed by atoms with Crippen LogP contribution in [0, 0.1) is 13.8 Å². The second-order valence-electron chi connectivity index (χ2n) is 11.2. The lowest BCUT2D eigenvalue weighted by Crippen LogP contribution is -2.54. The first-order valence-corrected chi connectivity index (χ1v) is 16.4. The Balaban J connectivity index is 1.79. The Labute approximate surface area is 261 Å². The maximum atomic E-state index is 14.5. The van der Waals surface area contributed by atoms with E-state index in [0.717, 1.165) is 33.0 Å². The first kappa shape index (κ1) is 32.5. The zero-order valence-electron chi connectivity index (χ0n) is 25.8. The van der Waals surface area contributed by atoms with Gasteiger partial charge >= 0.3 is 0 Å². The minimum absolute atomic E-state index is 0.0855. The summed E-state index contributed by atoms with van der Waals surface area (Å²) < 4.78 is 29.4. The Morgan fingerprint density at radius 2 is 1.39 bits per heavy atom. The van der Waals surface area contributed by atoms with Gasteiger partial charge in [0, 0.05) is 19.0 Å². The fraction of sp³-hybridized carbons (Fsp3) is 0.278. The summed E-state index contributed by atoms with van der Waals surface area (Å²) >= 11 is 0. The molecule has 1 N–H and O–H groups in total. The third-order valence-corrected chi connectivity index (χ3v) is 9.43. The van der Waals surface area contributed by atoms with Gasteiger partial charge in [-0.05, 0) is 68.1 Å². The molecule has 7 nitrogen and oxygen atoms in total. The summed E-state index contributed by atoms with van der Waals surface area (Å²) in [5.74, 6) is -0.762. The highest BCUT2D eigenvalue weighted by atomic mass is 32.2. The van der Waals surface area contributed by atoms with E-state index in [1.54, 1.807) is 42.5 Å². The van der Waals surface area contributed by atoms with Crippen molar-refractivity contribution in [1.29, 1.82) is 0 Å². The molecule has 2 amide bonds. The van der Waals surface area contributed by atoms with Crippen LogP contribution < -0.4 is 9.62 Å². The standard InChI is InChI=1S/C36H41N3O4S/c1-5-29(4)37-36(41)34(24-30-14-8-6-9-15-30)38(25-31-16-10-7-11-17-31)35(40)26-39(32-18-12-13-28(3)23-32)44(42,43)33-21-19-27(2)20-22-33/h6-23,29,34H,5,24-26H2,1-4H3,(H,37,41)/t29-,34+/m0/s1. The van der Waals surface area contributed by atoms with Gasteiger partial charge in [-0.1, -0.05) is 97.4 Å². The van der Waals surface area contributed by atoms with Crippen LogP contribution in [0.4, 0.5) is 5.69 Å². The van der Waals surface area contributed by atoms with Gasteiger partial charge in [-0.2, -0.15) is 0 Å². The molecule has 4 rings (SSSR count). The number of rotatable bonds is 13. The van der Waals surface area contributed by atoms with Gasteiger partial charge in [-0.25, -0.2) is 8.42 Å². The molecule has 0 aliphatic carbocycles. The number of aryl methyl sites for hydroxylation is 2. The van der Waals surface area contributed by atoms with Crippen molar-refractivity contribution >= 4 is 27.5 Å². The van der Waals surface area contributed by atoms with Crippen molar-refractivity contribution in [2.24, 2.45) is 0 Å². The molecule has 0 saturated carbocycles. The Kier molecular flexibility index (Phi) is 11.0. The highest BCUT2D eigenvalue weighted by Gasteiger charge is 2.35. The van der Waals surface area contributed by atoms with E-state index in [1.165, 1.54) is 4.90 Å². The highest BCUT2D eigenvalue weighted by molar-refractivity contribution is 7.92. The Hall–Kier alpha value is -4.43. The molecule has 0 unspecified atom stereocenters. The summed E-state index contributed by atoms with van der Waals surface area (Å²) in [5.41, 5.74) is 3.88. The molecule has 4 aromatic carbocycles. The number of hydrogen-bond donors (Lipinski definition) is 1. The van der Waals surface area contributed by atoms with Crippen molar-refractivity contribution < 1.29 is 18.0 Å². The molecule has 0 bridgehead atoms. The Morgan fingerprint density at radius 1 is 0.773 bits per heavy atom. The quantitative estimate of drug-likeness (QED) is 0.199. The van der Waals surface area contributed by atoms with Gasteiger partial charge in [0.2, 0.25) is 11.8 Å². The molecule has 2 atom stereocenters. The van der Waals surface area contributed by atoms with Crippen LogP contribution in [0.15, 0.2) is 114 Å². The third-order valence-electron chi connectivity index (χ3n) is 7.65. The van der Waals surface area contributed by atoms with Crippen LogP contribution in [0.3, 0.4) is 0 Å². The topological polar surface area (TPSA) is 86.8 Å². The van der Waals surface area contributed by atoms with E-state index in [1.807, 2.05) is 94.4 Å². The van der Waals surface area contributed by atoms with Crippen molar-refractivity contribution in [3.8, 4) is 0 Å². The van der Waals surface area contributed by atoms with Crippen LogP contribution in [0.5, 0.6) is 0 Å². The summed E-state index contributed by atoms with van der Waals surface area (Å²) in [4.78, 5) is 30.0. The molecule has 8 heteroatoms. The molecular formula is C36H41N3O4S. The van der Waals surface area contributed by atoms with Crippen molar-refractivity contribution in [1.82, 2.24) is 10.2 Å². The van der Waals surface area contributed by atoms with Crippen LogP contribution in [0.1, 0.15) is 42.5 Å². The SMILES string of the molecule is CC[C@H](C)NC(=O)[C@@H](Cc1ccccc1)N(Cc1ccccc1)C(=O)CN(c1cccc(C)c1)S(=O)(=O)c1ccc(C)cc1. The molecule has 0 radical (unpaired) electrons. The third kappa shape index (κ3) is 8.35. The smallest absolute Gasteiger partial charge is 0.264 e. The molecule has 4 aromatic rings. The second-order valence-corrected chi connectivity index (χ2v) is 13.1. The molecule has 0 aliphatic heterocycles. The lowest BCUT2D eigenvalue weighted by molar-refractivity contribution is -0.140.